The molecule has 1 aromatic rings. The molecule has 0 radical (unpaired) electrons. The summed E-state index contributed by atoms with van der Waals surface area (Å²) in [6.45, 7) is 16.7. The molecular formula is C23H39NO5Si. The fraction of sp³-hybridized carbons (Fsp3) is 0.696. The van der Waals surface area contributed by atoms with Gasteiger partial charge in [-0.3, -0.25) is 4.90 Å². The monoisotopic (exact) mass is 437 g/mol. The molecule has 1 aromatic carbocycles. The molecule has 1 aliphatic rings. The molecular weight excluding hydrogens is 398 g/mol. The first-order valence-corrected chi connectivity index (χ1v) is 13.6. The zero-order chi connectivity index (χ0) is 22.9. The summed E-state index contributed by atoms with van der Waals surface area (Å²) in [6.07, 6.45) is -0.946. The van der Waals surface area contributed by atoms with E-state index in [-0.39, 0.29) is 17.7 Å². The SMILES string of the molecule is CC(C)(C)OC(=O)N1C[C@H](O[Si](C)(C)C(C)(C)C)C[C@H]1C(O)c1cccc(CO)c1. The van der Waals surface area contributed by atoms with E-state index in [2.05, 4.69) is 33.9 Å². The number of aliphatic hydroxyl groups excluding tert-OH is 2. The number of rotatable bonds is 5. The van der Waals surface area contributed by atoms with E-state index in [0.717, 1.165) is 5.56 Å². The lowest BCUT2D eigenvalue weighted by Crippen LogP contribution is -2.45. The highest BCUT2D eigenvalue weighted by atomic mass is 28.4. The highest BCUT2D eigenvalue weighted by Crippen LogP contribution is 2.40. The summed E-state index contributed by atoms with van der Waals surface area (Å²) in [5.74, 6) is 0. The topological polar surface area (TPSA) is 79.2 Å². The maximum absolute atomic E-state index is 12.9. The summed E-state index contributed by atoms with van der Waals surface area (Å²) in [5, 5.41) is 20.7. The minimum absolute atomic E-state index is 0.0515. The van der Waals surface area contributed by atoms with Crippen molar-refractivity contribution in [1.82, 2.24) is 4.90 Å². The van der Waals surface area contributed by atoms with Gasteiger partial charge in [-0.05, 0) is 56.5 Å². The van der Waals surface area contributed by atoms with Crippen LogP contribution in [0.15, 0.2) is 24.3 Å². The van der Waals surface area contributed by atoms with Gasteiger partial charge in [-0.1, -0.05) is 45.0 Å². The van der Waals surface area contributed by atoms with E-state index < -0.39 is 32.2 Å². The Bertz CT molecular complexity index is 738. The summed E-state index contributed by atoms with van der Waals surface area (Å²) >= 11 is 0. The molecule has 2 N–H and O–H groups in total. The molecule has 0 spiro atoms. The number of hydrogen-bond donors (Lipinski definition) is 2. The maximum atomic E-state index is 12.9. The molecule has 1 fully saturated rings. The van der Waals surface area contributed by atoms with Crippen LogP contribution >= 0.6 is 0 Å². The largest absolute Gasteiger partial charge is 0.444 e. The fourth-order valence-electron chi connectivity index (χ4n) is 3.43. The molecule has 6 nitrogen and oxygen atoms in total. The van der Waals surface area contributed by atoms with Crippen molar-refractivity contribution >= 4 is 14.4 Å². The van der Waals surface area contributed by atoms with Crippen LogP contribution in [0.1, 0.15) is 65.2 Å². The average Bonchev–Trinajstić information content (AvgIpc) is 3.02. The molecule has 30 heavy (non-hydrogen) atoms. The Labute approximate surface area is 182 Å². The Morgan fingerprint density at radius 3 is 2.40 bits per heavy atom. The third-order valence-electron chi connectivity index (χ3n) is 6.04. The zero-order valence-corrected chi connectivity index (χ0v) is 20.7. The van der Waals surface area contributed by atoms with Gasteiger partial charge in [-0.2, -0.15) is 0 Å². The van der Waals surface area contributed by atoms with E-state index in [4.69, 9.17) is 9.16 Å². The Balaban J connectivity index is 2.29. The highest BCUT2D eigenvalue weighted by Gasteiger charge is 2.46. The van der Waals surface area contributed by atoms with Gasteiger partial charge < -0.3 is 19.4 Å². The normalized spacial score (nSPS) is 21.6. The van der Waals surface area contributed by atoms with Crippen LogP contribution in [0.2, 0.25) is 18.1 Å². The van der Waals surface area contributed by atoms with Gasteiger partial charge in [-0.15, -0.1) is 0 Å². The Hall–Kier alpha value is -1.41. The van der Waals surface area contributed by atoms with Crippen molar-refractivity contribution in [3.63, 3.8) is 0 Å². The predicted octanol–water partition coefficient (Wildman–Crippen LogP) is 4.61. The van der Waals surface area contributed by atoms with Crippen LogP contribution in [0.4, 0.5) is 4.79 Å². The number of hydrogen-bond acceptors (Lipinski definition) is 5. The van der Waals surface area contributed by atoms with E-state index >= 15 is 0 Å². The molecule has 1 aliphatic heterocycles. The third-order valence-corrected chi connectivity index (χ3v) is 10.6. The summed E-state index contributed by atoms with van der Waals surface area (Å²) < 4.78 is 12.2. The number of carbonyl (C=O) groups excluding carboxylic acids is 1. The second-order valence-electron chi connectivity index (χ2n) is 10.8. The van der Waals surface area contributed by atoms with Crippen LogP contribution in [-0.2, 0) is 15.8 Å². The lowest BCUT2D eigenvalue weighted by Gasteiger charge is -2.38. The van der Waals surface area contributed by atoms with Crippen molar-refractivity contribution in [2.24, 2.45) is 0 Å². The van der Waals surface area contributed by atoms with Crippen LogP contribution in [0, 0.1) is 0 Å². The van der Waals surface area contributed by atoms with E-state index in [1.165, 1.54) is 0 Å². The number of benzene rings is 1. The van der Waals surface area contributed by atoms with Gasteiger partial charge in [0.15, 0.2) is 8.32 Å². The van der Waals surface area contributed by atoms with Crippen molar-refractivity contribution < 1.29 is 24.2 Å². The number of amides is 1. The van der Waals surface area contributed by atoms with Gasteiger partial charge in [0.25, 0.3) is 0 Å². The highest BCUT2D eigenvalue weighted by molar-refractivity contribution is 6.74. The fourth-order valence-corrected chi connectivity index (χ4v) is 4.79. The molecule has 1 saturated heterocycles. The van der Waals surface area contributed by atoms with Gasteiger partial charge in [-0.25, -0.2) is 4.79 Å². The minimum atomic E-state index is -2.03. The molecule has 2 rings (SSSR count). The summed E-state index contributed by atoms with van der Waals surface area (Å²) in [7, 11) is -2.03. The van der Waals surface area contributed by atoms with Gasteiger partial charge in [0.2, 0.25) is 0 Å². The summed E-state index contributed by atoms with van der Waals surface area (Å²) in [4.78, 5) is 14.6. The number of nitrogens with zero attached hydrogens (tertiary/aromatic N) is 1. The van der Waals surface area contributed by atoms with Crippen molar-refractivity contribution in [3.05, 3.63) is 35.4 Å². The lowest BCUT2D eigenvalue weighted by atomic mass is 9.98. The first-order valence-electron chi connectivity index (χ1n) is 10.7. The molecule has 0 aromatic heterocycles. The van der Waals surface area contributed by atoms with Gasteiger partial charge in [0.1, 0.15) is 5.60 Å². The molecule has 170 valence electrons. The van der Waals surface area contributed by atoms with E-state index in [1.807, 2.05) is 26.8 Å². The van der Waals surface area contributed by atoms with Crippen molar-refractivity contribution in [1.29, 1.82) is 0 Å². The van der Waals surface area contributed by atoms with Crippen LogP contribution in [0.3, 0.4) is 0 Å². The van der Waals surface area contributed by atoms with Crippen molar-refractivity contribution in [3.8, 4) is 0 Å². The van der Waals surface area contributed by atoms with Gasteiger partial charge >= 0.3 is 6.09 Å². The molecule has 3 atom stereocenters. The minimum Gasteiger partial charge on any atom is -0.444 e. The number of aliphatic hydroxyl groups is 2. The first-order chi connectivity index (χ1) is 13.6. The molecule has 1 heterocycles. The summed E-state index contributed by atoms with van der Waals surface area (Å²) in [6, 6.07) is 6.75. The number of ether oxygens (including phenoxy) is 1. The molecule has 1 amide bonds. The van der Waals surface area contributed by atoms with Crippen molar-refractivity contribution in [2.75, 3.05) is 6.54 Å². The third kappa shape index (κ3) is 6.06. The van der Waals surface area contributed by atoms with Crippen molar-refractivity contribution in [2.45, 2.75) is 96.6 Å². The zero-order valence-electron chi connectivity index (χ0n) is 19.7. The number of likely N-dealkylation sites (tertiary alicyclic amines) is 1. The molecule has 0 aliphatic carbocycles. The van der Waals surface area contributed by atoms with E-state index in [1.54, 1.807) is 23.1 Å². The van der Waals surface area contributed by atoms with Crippen LogP contribution in [0.25, 0.3) is 0 Å². The second kappa shape index (κ2) is 8.98. The molecule has 0 saturated carbocycles. The summed E-state index contributed by atoms with van der Waals surface area (Å²) in [5.41, 5.74) is 0.775. The molecule has 1 unspecified atom stereocenters. The molecule has 0 bridgehead atoms. The van der Waals surface area contributed by atoms with E-state index in [0.29, 0.717) is 18.5 Å². The maximum Gasteiger partial charge on any atom is 0.410 e. The lowest BCUT2D eigenvalue weighted by molar-refractivity contribution is 0.00442. The molecule has 7 heteroatoms. The Kier molecular flexibility index (Phi) is 7.44. The quantitative estimate of drug-likeness (QED) is 0.658. The van der Waals surface area contributed by atoms with Gasteiger partial charge in [0, 0.05) is 6.54 Å². The Morgan fingerprint density at radius 1 is 1.23 bits per heavy atom. The Morgan fingerprint density at radius 2 is 1.87 bits per heavy atom. The van der Waals surface area contributed by atoms with Crippen LogP contribution in [-0.4, -0.2) is 53.8 Å². The van der Waals surface area contributed by atoms with Crippen LogP contribution in [0.5, 0.6) is 0 Å². The van der Waals surface area contributed by atoms with Crippen LogP contribution < -0.4 is 0 Å². The average molecular weight is 438 g/mol. The standard InChI is InChI=1S/C23H39NO5Si/c1-22(2,3)28-21(27)24-14-18(29-30(7,8)23(4,5)6)13-19(24)20(26)17-11-9-10-16(12-17)15-25/h9-12,18-20,25-26H,13-15H2,1-8H3/t18-,19+,20?/m1/s1. The van der Waals surface area contributed by atoms with E-state index in [9.17, 15) is 15.0 Å². The van der Waals surface area contributed by atoms with Gasteiger partial charge in [0.05, 0.1) is 24.9 Å². The second-order valence-corrected chi connectivity index (χ2v) is 15.5. The number of carbonyl (C=O) groups is 1. The predicted molar refractivity (Wildman–Crippen MR) is 121 cm³/mol. The first kappa shape index (κ1) is 24.9. The smallest absolute Gasteiger partial charge is 0.410 e.